The fraction of sp³-hybridized carbons (Fsp3) is 0.263. The van der Waals surface area contributed by atoms with Crippen molar-refractivity contribution in [1.29, 1.82) is 0 Å². The standard InChI is InChI=1S/C19H20FN3O2/c1-12(2)23-13(3)21-16-10-14(8-9-17(16)23)22-19(24)11-25-18-7-5-4-6-15(18)20/h4-10,12H,11H2,1-3H3,(H,22,24). The number of hydrogen-bond donors (Lipinski definition) is 1. The summed E-state index contributed by atoms with van der Waals surface area (Å²) in [4.78, 5) is 16.6. The number of ether oxygens (including phenoxy) is 1. The molecule has 0 aliphatic heterocycles. The van der Waals surface area contributed by atoms with E-state index < -0.39 is 5.82 Å². The molecule has 130 valence electrons. The number of hydrogen-bond acceptors (Lipinski definition) is 3. The average molecular weight is 341 g/mol. The van der Waals surface area contributed by atoms with E-state index in [1.54, 1.807) is 12.1 Å². The van der Waals surface area contributed by atoms with Crippen molar-refractivity contribution in [3.63, 3.8) is 0 Å². The zero-order valence-electron chi connectivity index (χ0n) is 14.4. The Bertz CT molecular complexity index is 918. The molecule has 0 radical (unpaired) electrons. The maximum Gasteiger partial charge on any atom is 0.262 e. The van der Waals surface area contributed by atoms with Crippen molar-refractivity contribution in [3.05, 3.63) is 54.1 Å². The first-order valence-corrected chi connectivity index (χ1v) is 8.11. The number of rotatable bonds is 5. The van der Waals surface area contributed by atoms with Gasteiger partial charge in [-0.05, 0) is 51.1 Å². The quantitative estimate of drug-likeness (QED) is 0.761. The highest BCUT2D eigenvalue weighted by Gasteiger charge is 2.12. The normalized spacial score (nSPS) is 11.1. The van der Waals surface area contributed by atoms with Gasteiger partial charge < -0.3 is 14.6 Å². The number of carbonyl (C=O) groups is 1. The molecule has 0 saturated heterocycles. The number of nitrogens with one attached hydrogen (secondary N) is 1. The molecule has 2 aromatic carbocycles. The monoisotopic (exact) mass is 341 g/mol. The molecule has 0 aliphatic rings. The molecule has 6 heteroatoms. The van der Waals surface area contributed by atoms with Gasteiger partial charge in [0.25, 0.3) is 5.91 Å². The molecule has 0 fully saturated rings. The minimum atomic E-state index is -0.494. The highest BCUT2D eigenvalue weighted by molar-refractivity contribution is 5.94. The number of benzene rings is 2. The summed E-state index contributed by atoms with van der Waals surface area (Å²) in [5.41, 5.74) is 2.47. The maximum atomic E-state index is 13.5. The molecule has 5 nitrogen and oxygen atoms in total. The van der Waals surface area contributed by atoms with Crippen LogP contribution in [0.25, 0.3) is 11.0 Å². The van der Waals surface area contributed by atoms with Crippen LogP contribution in [0.1, 0.15) is 25.7 Å². The fourth-order valence-corrected chi connectivity index (χ4v) is 2.85. The van der Waals surface area contributed by atoms with E-state index in [1.165, 1.54) is 12.1 Å². The minimum Gasteiger partial charge on any atom is -0.481 e. The topological polar surface area (TPSA) is 56.1 Å². The number of aromatic nitrogens is 2. The predicted molar refractivity (Wildman–Crippen MR) is 95.4 cm³/mol. The second-order valence-electron chi connectivity index (χ2n) is 6.09. The number of nitrogens with zero attached hydrogens (tertiary/aromatic N) is 2. The van der Waals surface area contributed by atoms with Crippen LogP contribution < -0.4 is 10.1 Å². The van der Waals surface area contributed by atoms with Crippen LogP contribution in [0.2, 0.25) is 0 Å². The number of halogens is 1. The van der Waals surface area contributed by atoms with Crippen LogP contribution in [0, 0.1) is 12.7 Å². The molecule has 1 aromatic heterocycles. The number of carbonyl (C=O) groups excluding carboxylic acids is 1. The number of imidazole rings is 1. The SMILES string of the molecule is Cc1nc2cc(NC(=O)COc3ccccc3F)ccc2n1C(C)C. The third-order valence-electron chi connectivity index (χ3n) is 3.86. The molecule has 3 aromatic rings. The lowest BCUT2D eigenvalue weighted by molar-refractivity contribution is -0.118. The van der Waals surface area contributed by atoms with Crippen LogP contribution in [0.3, 0.4) is 0 Å². The molecule has 0 saturated carbocycles. The van der Waals surface area contributed by atoms with E-state index in [9.17, 15) is 9.18 Å². The lowest BCUT2D eigenvalue weighted by atomic mass is 10.2. The molecule has 0 spiro atoms. The molecular weight excluding hydrogens is 321 g/mol. The Balaban J connectivity index is 1.70. The Morgan fingerprint density at radius 2 is 2.04 bits per heavy atom. The van der Waals surface area contributed by atoms with Gasteiger partial charge in [-0.1, -0.05) is 12.1 Å². The smallest absolute Gasteiger partial charge is 0.262 e. The van der Waals surface area contributed by atoms with Crippen molar-refractivity contribution in [2.45, 2.75) is 26.8 Å². The Labute approximate surface area is 145 Å². The van der Waals surface area contributed by atoms with Gasteiger partial charge in [0.1, 0.15) is 5.82 Å². The van der Waals surface area contributed by atoms with Crippen LogP contribution in [-0.2, 0) is 4.79 Å². The number of anilines is 1. The van der Waals surface area contributed by atoms with Crippen LogP contribution >= 0.6 is 0 Å². The highest BCUT2D eigenvalue weighted by atomic mass is 19.1. The van der Waals surface area contributed by atoms with E-state index >= 15 is 0 Å². The first-order chi connectivity index (χ1) is 12.0. The van der Waals surface area contributed by atoms with E-state index in [-0.39, 0.29) is 18.3 Å². The number of para-hydroxylation sites is 1. The summed E-state index contributed by atoms with van der Waals surface area (Å²) in [7, 11) is 0. The van der Waals surface area contributed by atoms with Gasteiger partial charge in [-0.25, -0.2) is 9.37 Å². The summed E-state index contributed by atoms with van der Waals surface area (Å²) in [6.45, 7) is 5.90. The molecule has 0 aliphatic carbocycles. The lowest BCUT2D eigenvalue weighted by Gasteiger charge is -2.11. The van der Waals surface area contributed by atoms with Crippen molar-refractivity contribution in [3.8, 4) is 5.75 Å². The summed E-state index contributed by atoms with van der Waals surface area (Å²) < 4.78 is 20.8. The number of aryl methyl sites for hydroxylation is 1. The van der Waals surface area contributed by atoms with Crippen LogP contribution in [0.5, 0.6) is 5.75 Å². The molecule has 25 heavy (non-hydrogen) atoms. The summed E-state index contributed by atoms with van der Waals surface area (Å²) in [6, 6.07) is 11.9. The fourth-order valence-electron chi connectivity index (χ4n) is 2.85. The third-order valence-corrected chi connectivity index (χ3v) is 3.86. The Hall–Kier alpha value is -2.89. The Morgan fingerprint density at radius 3 is 2.76 bits per heavy atom. The van der Waals surface area contributed by atoms with Crippen molar-refractivity contribution < 1.29 is 13.9 Å². The number of amides is 1. The van der Waals surface area contributed by atoms with Gasteiger partial charge in [-0.2, -0.15) is 0 Å². The average Bonchev–Trinajstić information content (AvgIpc) is 2.89. The van der Waals surface area contributed by atoms with E-state index in [0.717, 1.165) is 16.9 Å². The Morgan fingerprint density at radius 1 is 1.28 bits per heavy atom. The van der Waals surface area contributed by atoms with Crippen molar-refractivity contribution in [1.82, 2.24) is 9.55 Å². The summed E-state index contributed by atoms with van der Waals surface area (Å²) in [5.74, 6) is 0.129. The second-order valence-corrected chi connectivity index (χ2v) is 6.09. The van der Waals surface area contributed by atoms with Gasteiger partial charge in [-0.15, -0.1) is 0 Å². The zero-order chi connectivity index (χ0) is 18.0. The molecular formula is C19H20FN3O2. The third kappa shape index (κ3) is 3.63. The molecule has 1 amide bonds. The largest absolute Gasteiger partial charge is 0.481 e. The molecule has 1 N–H and O–H groups in total. The lowest BCUT2D eigenvalue weighted by Crippen LogP contribution is -2.20. The van der Waals surface area contributed by atoms with E-state index in [1.807, 2.05) is 25.1 Å². The van der Waals surface area contributed by atoms with Gasteiger partial charge in [0.15, 0.2) is 18.2 Å². The predicted octanol–water partition coefficient (Wildman–Crippen LogP) is 4.08. The van der Waals surface area contributed by atoms with Crippen molar-refractivity contribution in [2.75, 3.05) is 11.9 Å². The van der Waals surface area contributed by atoms with Crippen LogP contribution in [0.15, 0.2) is 42.5 Å². The first kappa shape index (κ1) is 17.0. The molecule has 3 rings (SSSR count). The van der Waals surface area contributed by atoms with Crippen LogP contribution in [-0.4, -0.2) is 22.1 Å². The molecule has 0 atom stereocenters. The van der Waals surface area contributed by atoms with Gasteiger partial charge >= 0.3 is 0 Å². The van der Waals surface area contributed by atoms with Crippen molar-refractivity contribution in [2.24, 2.45) is 0 Å². The molecule has 0 unspecified atom stereocenters. The number of fused-ring (bicyclic) bond motifs is 1. The minimum absolute atomic E-state index is 0.0550. The zero-order valence-corrected chi connectivity index (χ0v) is 14.4. The van der Waals surface area contributed by atoms with Gasteiger partial charge in [-0.3, -0.25) is 4.79 Å². The van der Waals surface area contributed by atoms with E-state index in [2.05, 4.69) is 28.7 Å². The van der Waals surface area contributed by atoms with E-state index in [4.69, 9.17) is 4.74 Å². The van der Waals surface area contributed by atoms with Gasteiger partial charge in [0.2, 0.25) is 0 Å². The van der Waals surface area contributed by atoms with Crippen molar-refractivity contribution >= 4 is 22.6 Å². The van der Waals surface area contributed by atoms with Gasteiger partial charge in [0, 0.05) is 11.7 Å². The molecule has 0 bridgehead atoms. The first-order valence-electron chi connectivity index (χ1n) is 8.11. The van der Waals surface area contributed by atoms with Gasteiger partial charge in [0.05, 0.1) is 11.0 Å². The summed E-state index contributed by atoms with van der Waals surface area (Å²) >= 11 is 0. The highest BCUT2D eigenvalue weighted by Crippen LogP contribution is 2.23. The van der Waals surface area contributed by atoms with E-state index in [0.29, 0.717) is 11.7 Å². The maximum absolute atomic E-state index is 13.5. The molecule has 1 heterocycles. The van der Waals surface area contributed by atoms with Crippen LogP contribution in [0.4, 0.5) is 10.1 Å². The Kier molecular flexibility index (Phi) is 4.70. The summed E-state index contributed by atoms with van der Waals surface area (Å²) in [5, 5.41) is 2.75. The second kappa shape index (κ2) is 6.93. The summed E-state index contributed by atoms with van der Waals surface area (Å²) in [6.07, 6.45) is 0.